The molecule has 1 saturated carbocycles. The molecular formula is C15H18N2O5S. The molecule has 2 N–H and O–H groups in total. The van der Waals surface area contributed by atoms with Crippen LogP contribution in [-0.2, 0) is 14.6 Å². The van der Waals surface area contributed by atoms with Gasteiger partial charge in [-0.05, 0) is 37.5 Å². The Morgan fingerprint density at radius 2 is 1.96 bits per heavy atom. The predicted octanol–water partition coefficient (Wildman–Crippen LogP) is 1.31. The van der Waals surface area contributed by atoms with E-state index in [0.29, 0.717) is 12.1 Å². The van der Waals surface area contributed by atoms with E-state index in [1.54, 1.807) is 18.2 Å². The van der Waals surface area contributed by atoms with Gasteiger partial charge in [-0.3, -0.25) is 0 Å². The Kier molecular flexibility index (Phi) is 4.25. The van der Waals surface area contributed by atoms with Gasteiger partial charge in [-0.2, -0.15) is 0 Å². The first-order valence-electron chi connectivity index (χ1n) is 7.50. The maximum absolute atomic E-state index is 12.1. The van der Waals surface area contributed by atoms with Crippen molar-refractivity contribution in [1.29, 1.82) is 0 Å². The van der Waals surface area contributed by atoms with Crippen molar-refractivity contribution in [3.05, 3.63) is 29.8 Å². The third-order valence-corrected chi connectivity index (χ3v) is 5.47. The minimum Gasteiger partial charge on any atom is -0.458 e. The molecule has 2 amide bonds. The fraction of sp³-hybridized carbons (Fsp3) is 0.467. The molecule has 1 aromatic rings. The van der Waals surface area contributed by atoms with Crippen molar-refractivity contribution in [2.24, 2.45) is 0 Å². The number of ether oxygens (including phenoxy) is 1. The van der Waals surface area contributed by atoms with E-state index in [1.165, 1.54) is 6.07 Å². The molecule has 124 valence electrons. The van der Waals surface area contributed by atoms with Crippen LogP contribution in [0.2, 0.25) is 0 Å². The predicted molar refractivity (Wildman–Crippen MR) is 84.1 cm³/mol. The minimum absolute atomic E-state index is 0.0495. The fourth-order valence-electron chi connectivity index (χ4n) is 2.38. The van der Waals surface area contributed by atoms with E-state index in [9.17, 15) is 18.0 Å². The zero-order valence-electron chi connectivity index (χ0n) is 12.4. The number of hydrogen-bond donors (Lipinski definition) is 2. The third kappa shape index (κ3) is 4.44. The maximum Gasteiger partial charge on any atom is 0.338 e. The Morgan fingerprint density at radius 3 is 2.61 bits per heavy atom. The van der Waals surface area contributed by atoms with Gasteiger partial charge in [0.15, 0.2) is 9.84 Å². The number of rotatable bonds is 4. The molecule has 2 fully saturated rings. The standard InChI is InChI=1S/C15H18N2O5S/c18-14(22-13-6-7-23(20,21)9-13)10-2-1-3-12(8-10)17-15(19)16-11-4-5-11/h1-3,8,11,13H,4-7,9H2,(H2,16,17,19)/t13-/m0/s1. The van der Waals surface area contributed by atoms with Crippen LogP contribution in [0.15, 0.2) is 24.3 Å². The summed E-state index contributed by atoms with van der Waals surface area (Å²) in [7, 11) is -3.10. The van der Waals surface area contributed by atoms with E-state index >= 15 is 0 Å². The zero-order valence-corrected chi connectivity index (χ0v) is 13.3. The molecule has 1 heterocycles. The Hall–Kier alpha value is -2.09. The highest BCUT2D eigenvalue weighted by Gasteiger charge is 2.31. The second-order valence-corrected chi connectivity index (χ2v) is 8.11. The van der Waals surface area contributed by atoms with Gasteiger partial charge in [-0.15, -0.1) is 0 Å². The van der Waals surface area contributed by atoms with Gasteiger partial charge >= 0.3 is 12.0 Å². The zero-order chi connectivity index (χ0) is 16.4. The molecule has 1 aromatic carbocycles. The van der Waals surface area contributed by atoms with Crippen molar-refractivity contribution >= 4 is 27.5 Å². The van der Waals surface area contributed by atoms with Crippen molar-refractivity contribution in [3.63, 3.8) is 0 Å². The summed E-state index contributed by atoms with van der Waals surface area (Å²) in [5.74, 6) is -0.660. The van der Waals surface area contributed by atoms with Crippen LogP contribution in [0, 0.1) is 0 Å². The van der Waals surface area contributed by atoms with Gasteiger partial charge in [0, 0.05) is 11.7 Å². The van der Waals surface area contributed by atoms with Crippen molar-refractivity contribution in [3.8, 4) is 0 Å². The lowest BCUT2D eigenvalue weighted by atomic mass is 10.2. The molecule has 0 spiro atoms. The van der Waals surface area contributed by atoms with E-state index in [0.717, 1.165) is 12.8 Å². The first-order valence-corrected chi connectivity index (χ1v) is 9.32. The average molecular weight is 338 g/mol. The summed E-state index contributed by atoms with van der Waals surface area (Å²) >= 11 is 0. The van der Waals surface area contributed by atoms with E-state index in [4.69, 9.17) is 4.74 Å². The number of anilines is 1. The Balaban J connectivity index is 1.59. The molecule has 2 aliphatic rings. The Bertz CT molecular complexity index is 727. The monoisotopic (exact) mass is 338 g/mol. The topological polar surface area (TPSA) is 102 Å². The molecule has 0 bridgehead atoms. The van der Waals surface area contributed by atoms with Crippen molar-refractivity contribution in [2.45, 2.75) is 31.4 Å². The van der Waals surface area contributed by atoms with Crippen molar-refractivity contribution in [1.82, 2.24) is 5.32 Å². The molecule has 1 aliphatic carbocycles. The maximum atomic E-state index is 12.1. The third-order valence-electron chi connectivity index (χ3n) is 3.73. The molecule has 0 aromatic heterocycles. The van der Waals surface area contributed by atoms with Crippen LogP contribution in [0.3, 0.4) is 0 Å². The summed E-state index contributed by atoms with van der Waals surface area (Å²) in [5.41, 5.74) is 0.759. The highest BCUT2D eigenvalue weighted by molar-refractivity contribution is 7.91. The molecule has 7 nitrogen and oxygen atoms in total. The van der Waals surface area contributed by atoms with Gasteiger partial charge in [0.1, 0.15) is 6.10 Å². The van der Waals surface area contributed by atoms with Gasteiger partial charge in [-0.1, -0.05) is 6.07 Å². The lowest BCUT2D eigenvalue weighted by molar-refractivity contribution is 0.0356. The molecule has 1 aliphatic heterocycles. The molecule has 1 saturated heterocycles. The summed E-state index contributed by atoms with van der Waals surface area (Å²) in [6, 6.07) is 6.32. The fourth-order valence-corrected chi connectivity index (χ4v) is 3.97. The van der Waals surface area contributed by atoms with Crippen LogP contribution >= 0.6 is 0 Å². The summed E-state index contributed by atoms with van der Waals surface area (Å²) in [4.78, 5) is 23.8. The second-order valence-electron chi connectivity index (χ2n) is 5.88. The molecule has 1 atom stereocenters. The first-order chi connectivity index (χ1) is 10.9. The largest absolute Gasteiger partial charge is 0.458 e. The quantitative estimate of drug-likeness (QED) is 0.806. The van der Waals surface area contributed by atoms with Crippen molar-refractivity contribution < 1.29 is 22.7 Å². The molecule has 23 heavy (non-hydrogen) atoms. The molecular weight excluding hydrogens is 320 g/mol. The molecule has 0 radical (unpaired) electrons. The van der Waals surface area contributed by atoms with E-state index in [1.807, 2.05) is 0 Å². The normalized spacial score (nSPS) is 22.3. The van der Waals surface area contributed by atoms with Gasteiger partial charge in [-0.25, -0.2) is 18.0 Å². The smallest absolute Gasteiger partial charge is 0.338 e. The number of hydrogen-bond acceptors (Lipinski definition) is 5. The van der Waals surface area contributed by atoms with E-state index in [-0.39, 0.29) is 29.1 Å². The summed E-state index contributed by atoms with van der Waals surface area (Å²) in [5, 5.41) is 5.45. The average Bonchev–Trinajstić information content (AvgIpc) is 3.22. The van der Waals surface area contributed by atoms with Crippen LogP contribution in [0.4, 0.5) is 10.5 Å². The number of urea groups is 1. The van der Waals surface area contributed by atoms with Gasteiger partial charge in [0.2, 0.25) is 0 Å². The number of carbonyl (C=O) groups excluding carboxylic acids is 2. The summed E-state index contributed by atoms with van der Waals surface area (Å²) in [6.45, 7) is 0. The van der Waals surface area contributed by atoms with Gasteiger partial charge in [0.05, 0.1) is 17.1 Å². The Labute approximate surface area is 134 Å². The lowest BCUT2D eigenvalue weighted by Gasteiger charge is -2.11. The second kappa shape index (κ2) is 6.19. The highest BCUT2D eigenvalue weighted by atomic mass is 32.2. The highest BCUT2D eigenvalue weighted by Crippen LogP contribution is 2.20. The summed E-state index contributed by atoms with van der Waals surface area (Å²) in [6.07, 6.45) is 1.71. The van der Waals surface area contributed by atoms with Crippen LogP contribution in [0.25, 0.3) is 0 Å². The SMILES string of the molecule is O=C(Nc1cccc(C(=O)O[C@H]2CCS(=O)(=O)C2)c1)NC1CC1. The molecule has 0 unspecified atom stereocenters. The van der Waals surface area contributed by atoms with Crippen LogP contribution in [0.5, 0.6) is 0 Å². The summed E-state index contributed by atoms with van der Waals surface area (Å²) < 4.78 is 28.0. The number of sulfone groups is 1. The molecule has 8 heteroatoms. The van der Waals surface area contributed by atoms with Crippen LogP contribution in [0.1, 0.15) is 29.6 Å². The van der Waals surface area contributed by atoms with Crippen molar-refractivity contribution in [2.75, 3.05) is 16.8 Å². The van der Waals surface area contributed by atoms with Gasteiger partial charge in [0.25, 0.3) is 0 Å². The van der Waals surface area contributed by atoms with Crippen LogP contribution < -0.4 is 10.6 Å². The number of benzene rings is 1. The minimum atomic E-state index is -3.10. The van der Waals surface area contributed by atoms with Crippen LogP contribution in [-0.4, -0.2) is 44.1 Å². The number of carbonyl (C=O) groups is 2. The van der Waals surface area contributed by atoms with E-state index in [2.05, 4.69) is 10.6 Å². The first kappa shape index (κ1) is 15.8. The van der Waals surface area contributed by atoms with Gasteiger partial charge < -0.3 is 15.4 Å². The number of amides is 2. The molecule has 3 rings (SSSR count). The number of nitrogens with one attached hydrogen (secondary N) is 2. The van der Waals surface area contributed by atoms with E-state index < -0.39 is 21.9 Å². The lowest BCUT2D eigenvalue weighted by Crippen LogP contribution is -2.30. The number of esters is 1. The Morgan fingerprint density at radius 1 is 1.17 bits per heavy atom.